The van der Waals surface area contributed by atoms with Gasteiger partial charge >= 0.3 is 0 Å². The lowest BCUT2D eigenvalue weighted by atomic mass is 10.0. The van der Waals surface area contributed by atoms with Gasteiger partial charge in [0.2, 0.25) is 0 Å². The molecular weight excluding hydrogens is 617 g/mol. The average molecular weight is 647 g/mol. The zero-order chi connectivity index (χ0) is 33.6. The second-order valence-corrected chi connectivity index (χ2v) is 12.3. The third kappa shape index (κ3) is 5.16. The first kappa shape index (κ1) is 29.2. The minimum atomic E-state index is 0.203. The summed E-state index contributed by atoms with van der Waals surface area (Å²) in [5.41, 5.74) is 14.5. The minimum Gasteiger partial charge on any atom is -0.508 e. The molecule has 6 heteroatoms. The van der Waals surface area contributed by atoms with Crippen molar-refractivity contribution in [3.05, 3.63) is 156 Å². The van der Waals surface area contributed by atoms with E-state index in [0.717, 1.165) is 89.4 Å². The Balaban J connectivity index is 1.47. The van der Waals surface area contributed by atoms with Crippen LogP contribution in [0.3, 0.4) is 0 Å². The Morgan fingerprint density at radius 2 is 0.600 bits per heavy atom. The number of nitrogens with one attached hydrogen (secondary N) is 2. The van der Waals surface area contributed by atoms with E-state index in [9.17, 15) is 10.2 Å². The summed E-state index contributed by atoms with van der Waals surface area (Å²) in [6, 6.07) is 43.4. The molecule has 0 atom stereocenters. The number of aromatic hydroxyl groups is 2. The van der Waals surface area contributed by atoms with Crippen LogP contribution in [-0.2, 0) is 0 Å². The van der Waals surface area contributed by atoms with Gasteiger partial charge in [0.1, 0.15) is 11.5 Å². The lowest BCUT2D eigenvalue weighted by molar-refractivity contribution is 0.475. The zero-order valence-electron chi connectivity index (χ0n) is 26.8. The van der Waals surface area contributed by atoms with Crippen molar-refractivity contribution in [2.24, 2.45) is 0 Å². The van der Waals surface area contributed by atoms with Gasteiger partial charge in [-0.15, -0.1) is 0 Å². The van der Waals surface area contributed by atoms with E-state index in [2.05, 4.69) is 82.8 Å². The molecule has 238 valence electrons. The quantitative estimate of drug-likeness (QED) is 0.153. The number of fused-ring (bicyclic) bond motifs is 8. The highest BCUT2D eigenvalue weighted by molar-refractivity contribution is 5.99. The molecule has 5 heterocycles. The molecule has 2 aliphatic rings. The van der Waals surface area contributed by atoms with Crippen molar-refractivity contribution in [3.8, 4) is 56.0 Å². The summed E-state index contributed by atoms with van der Waals surface area (Å²) in [6.07, 6.45) is 8.25. The van der Waals surface area contributed by atoms with Gasteiger partial charge in [0.15, 0.2) is 0 Å². The van der Waals surface area contributed by atoms with Crippen LogP contribution in [0.25, 0.3) is 90.9 Å². The van der Waals surface area contributed by atoms with Gasteiger partial charge in [-0.25, -0.2) is 9.97 Å². The maximum atomic E-state index is 10.2. The van der Waals surface area contributed by atoms with E-state index in [-0.39, 0.29) is 11.5 Å². The number of phenols is 2. The lowest BCUT2D eigenvalue weighted by Gasteiger charge is -2.07. The van der Waals surface area contributed by atoms with Crippen LogP contribution in [0.1, 0.15) is 22.8 Å². The first-order chi connectivity index (χ1) is 24.6. The smallest absolute Gasteiger partial charge is 0.115 e. The van der Waals surface area contributed by atoms with Crippen molar-refractivity contribution in [3.63, 3.8) is 0 Å². The molecule has 3 aromatic heterocycles. The molecule has 6 nitrogen and oxygen atoms in total. The Bertz CT molecular complexity index is 2450. The minimum absolute atomic E-state index is 0.203. The van der Waals surface area contributed by atoms with Gasteiger partial charge in [-0.2, -0.15) is 0 Å². The van der Waals surface area contributed by atoms with Gasteiger partial charge in [-0.05, 0) is 95.1 Å². The number of hydrogen-bond donors (Lipinski definition) is 4. The topological polar surface area (TPSA) is 97.8 Å². The lowest BCUT2D eigenvalue weighted by Crippen LogP contribution is -1.89. The average Bonchev–Trinajstić information content (AvgIpc) is 3.98. The largest absolute Gasteiger partial charge is 0.508 e. The Labute approximate surface area is 288 Å². The molecule has 0 amide bonds. The van der Waals surface area contributed by atoms with Gasteiger partial charge in [0.25, 0.3) is 0 Å². The van der Waals surface area contributed by atoms with Crippen molar-refractivity contribution < 1.29 is 10.2 Å². The van der Waals surface area contributed by atoms with Crippen LogP contribution in [0.4, 0.5) is 0 Å². The van der Waals surface area contributed by atoms with Crippen molar-refractivity contribution in [1.29, 1.82) is 0 Å². The third-order valence-corrected chi connectivity index (χ3v) is 9.19. The molecule has 0 saturated carbocycles. The normalized spacial score (nSPS) is 12.0. The molecular formula is C44H30N4O2. The number of aromatic amines is 2. The Morgan fingerprint density at radius 3 is 0.900 bits per heavy atom. The molecule has 4 N–H and O–H groups in total. The Hall–Kier alpha value is -6.92. The first-order valence-corrected chi connectivity index (χ1v) is 16.4. The molecule has 2 aliphatic heterocycles. The second-order valence-electron chi connectivity index (χ2n) is 12.3. The fraction of sp³-hybridized carbons (Fsp3) is 0. The van der Waals surface area contributed by atoms with Crippen LogP contribution < -0.4 is 0 Å². The summed E-state index contributed by atoms with van der Waals surface area (Å²) < 4.78 is 0. The SMILES string of the molecule is Oc1ccc(-c2c3nc(c(-c4ccccc4)c4ccc([nH]4)c(-c4ccc(O)cc4)c4nc(c(-c5ccccc5)c5ccc2[nH]5)C=C4)C=C3)cc1. The van der Waals surface area contributed by atoms with Crippen LogP contribution >= 0.6 is 0 Å². The van der Waals surface area contributed by atoms with E-state index in [1.165, 1.54) is 0 Å². The highest BCUT2D eigenvalue weighted by atomic mass is 16.3. The van der Waals surface area contributed by atoms with E-state index in [0.29, 0.717) is 0 Å². The predicted molar refractivity (Wildman–Crippen MR) is 204 cm³/mol. The van der Waals surface area contributed by atoms with Crippen LogP contribution in [0.15, 0.2) is 133 Å². The maximum Gasteiger partial charge on any atom is 0.115 e. The Kier molecular flexibility index (Phi) is 6.99. The van der Waals surface area contributed by atoms with E-state index >= 15 is 0 Å². The standard InChI is InChI=1S/C44H30N4O2/c49-31-15-11-29(12-16-31)43-37-23-19-33(45-37)41(27-7-3-1-4-8-27)34-20-24-38(46-34)44(30-13-17-32(50)18-14-30)40-26-22-36(48-40)42(28-9-5-2-6-10-28)35-21-25-39(43)47-35/h1-26,45,48-50H. The number of nitrogens with zero attached hydrogens (tertiary/aromatic N) is 2. The van der Waals surface area contributed by atoms with Crippen molar-refractivity contribution in [2.75, 3.05) is 0 Å². The second kappa shape index (κ2) is 12.0. The molecule has 0 radical (unpaired) electrons. The third-order valence-electron chi connectivity index (χ3n) is 9.19. The molecule has 0 aliphatic carbocycles. The first-order valence-electron chi connectivity index (χ1n) is 16.4. The number of hydrogen-bond acceptors (Lipinski definition) is 4. The summed E-state index contributed by atoms with van der Waals surface area (Å²) in [5, 5.41) is 20.3. The number of phenolic OH excluding ortho intramolecular Hbond substituents is 2. The molecule has 8 bridgehead atoms. The predicted octanol–water partition coefficient (Wildman–Crippen LogP) is 10.7. The van der Waals surface area contributed by atoms with Gasteiger partial charge in [-0.1, -0.05) is 84.9 Å². The monoisotopic (exact) mass is 646 g/mol. The molecule has 0 unspecified atom stereocenters. The number of H-pyrrole nitrogens is 2. The van der Waals surface area contributed by atoms with Gasteiger partial charge < -0.3 is 20.2 Å². The van der Waals surface area contributed by atoms with Crippen molar-refractivity contribution in [2.45, 2.75) is 0 Å². The van der Waals surface area contributed by atoms with Crippen molar-refractivity contribution >= 4 is 46.4 Å². The molecule has 4 aromatic carbocycles. The van der Waals surface area contributed by atoms with E-state index in [1.807, 2.05) is 60.7 Å². The van der Waals surface area contributed by atoms with E-state index in [1.54, 1.807) is 24.3 Å². The molecule has 7 aromatic rings. The fourth-order valence-electron chi connectivity index (χ4n) is 6.89. The highest BCUT2D eigenvalue weighted by Crippen LogP contribution is 2.38. The van der Waals surface area contributed by atoms with Crippen LogP contribution in [0.2, 0.25) is 0 Å². The number of benzene rings is 4. The van der Waals surface area contributed by atoms with Gasteiger partial charge in [-0.3, -0.25) is 0 Å². The molecule has 0 spiro atoms. The van der Waals surface area contributed by atoms with Gasteiger partial charge in [0, 0.05) is 44.3 Å². The summed E-state index contributed by atoms with van der Waals surface area (Å²) >= 11 is 0. The van der Waals surface area contributed by atoms with Crippen LogP contribution in [0, 0.1) is 0 Å². The molecule has 0 saturated heterocycles. The van der Waals surface area contributed by atoms with E-state index < -0.39 is 0 Å². The number of aromatic nitrogens is 4. The van der Waals surface area contributed by atoms with Crippen molar-refractivity contribution in [1.82, 2.24) is 19.9 Å². The van der Waals surface area contributed by atoms with E-state index in [4.69, 9.17) is 9.97 Å². The molecule has 0 fully saturated rings. The van der Waals surface area contributed by atoms with Crippen LogP contribution in [0.5, 0.6) is 11.5 Å². The summed E-state index contributed by atoms with van der Waals surface area (Å²) in [5.74, 6) is 0.406. The Morgan fingerprint density at radius 1 is 0.320 bits per heavy atom. The maximum absolute atomic E-state index is 10.2. The molecule has 9 rings (SSSR count). The number of rotatable bonds is 4. The summed E-state index contributed by atoms with van der Waals surface area (Å²) in [7, 11) is 0. The highest BCUT2D eigenvalue weighted by Gasteiger charge is 2.18. The van der Waals surface area contributed by atoms with Gasteiger partial charge in [0.05, 0.1) is 22.8 Å². The zero-order valence-corrected chi connectivity index (χ0v) is 26.8. The van der Waals surface area contributed by atoms with Crippen LogP contribution in [-0.4, -0.2) is 30.1 Å². The fourth-order valence-corrected chi connectivity index (χ4v) is 6.89. The summed E-state index contributed by atoms with van der Waals surface area (Å²) in [6.45, 7) is 0. The molecule has 50 heavy (non-hydrogen) atoms. The summed E-state index contributed by atoms with van der Waals surface area (Å²) in [4.78, 5) is 18.0.